The van der Waals surface area contributed by atoms with E-state index in [1.807, 2.05) is 0 Å². The Hall–Kier alpha value is -2.57. The maximum Gasteiger partial charge on any atom is 0.397 e. The van der Waals surface area contributed by atoms with Gasteiger partial charge in [0.2, 0.25) is 0 Å². The van der Waals surface area contributed by atoms with E-state index < -0.39 is 11.9 Å². The van der Waals surface area contributed by atoms with Gasteiger partial charge in [-0.3, -0.25) is 9.59 Å². The highest BCUT2D eigenvalue weighted by molar-refractivity contribution is 6.37. The normalized spacial score (nSPS) is 12.8. The van der Waals surface area contributed by atoms with E-state index in [1.54, 1.807) is 25.1 Å². The molecule has 1 aliphatic heterocycles. The van der Waals surface area contributed by atoms with Gasteiger partial charge >= 0.3 is 11.9 Å². The van der Waals surface area contributed by atoms with E-state index in [0.717, 1.165) is 0 Å². The third-order valence-corrected chi connectivity index (χ3v) is 2.35. The summed E-state index contributed by atoms with van der Waals surface area (Å²) >= 11 is 0. The van der Waals surface area contributed by atoms with Crippen molar-refractivity contribution < 1.29 is 23.9 Å². The summed E-state index contributed by atoms with van der Waals surface area (Å²) in [4.78, 5) is 33.9. The summed E-state index contributed by atoms with van der Waals surface area (Å²) in [6.45, 7) is 1.58. The van der Waals surface area contributed by atoms with Crippen LogP contribution in [0.15, 0.2) is 18.2 Å². The zero-order valence-electron chi connectivity index (χ0n) is 10.2. The van der Waals surface area contributed by atoms with Gasteiger partial charge in [-0.05, 0) is 19.1 Å². The van der Waals surface area contributed by atoms with Crippen molar-refractivity contribution >= 4 is 29.2 Å². The van der Waals surface area contributed by atoms with Gasteiger partial charge in [-0.15, -0.1) is 0 Å². The van der Waals surface area contributed by atoms with Crippen molar-refractivity contribution in [2.24, 2.45) is 0 Å². The van der Waals surface area contributed by atoms with Crippen LogP contribution in [0.25, 0.3) is 0 Å². The smallest absolute Gasteiger partial charge is 0.397 e. The second-order valence-electron chi connectivity index (χ2n) is 3.69. The minimum Gasteiger partial charge on any atom is -0.479 e. The number of fused-ring (bicyclic) bond motifs is 1. The van der Waals surface area contributed by atoms with Gasteiger partial charge in [-0.2, -0.15) is 0 Å². The van der Waals surface area contributed by atoms with Gasteiger partial charge < -0.3 is 20.1 Å². The van der Waals surface area contributed by atoms with Crippen LogP contribution in [0.4, 0.5) is 11.4 Å². The lowest BCUT2D eigenvalue weighted by Gasteiger charge is -2.20. The molecule has 0 spiro atoms. The van der Waals surface area contributed by atoms with Crippen LogP contribution >= 0.6 is 0 Å². The molecule has 1 aromatic rings. The monoisotopic (exact) mass is 264 g/mol. The van der Waals surface area contributed by atoms with Gasteiger partial charge in [-0.1, -0.05) is 6.07 Å². The van der Waals surface area contributed by atoms with Crippen molar-refractivity contribution in [3.63, 3.8) is 0 Å². The number of hydrogen-bond donors (Lipinski definition) is 2. The van der Waals surface area contributed by atoms with Crippen LogP contribution in [0.3, 0.4) is 0 Å². The van der Waals surface area contributed by atoms with Gasteiger partial charge in [0, 0.05) is 0 Å². The zero-order chi connectivity index (χ0) is 13.8. The molecule has 0 bridgehead atoms. The molecular formula is C12H12N2O5. The van der Waals surface area contributed by atoms with Gasteiger partial charge in [0.05, 0.1) is 18.0 Å². The standard InChI is InChI=1S/C12H12N2O5/c1-2-18-12(17)11(16)14-8-5-3-4-7-10(8)19-6-9(15)13-7/h3-5H,2,6H2,1H3,(H,13,15)(H,14,16). The van der Waals surface area contributed by atoms with Crippen molar-refractivity contribution in [1.82, 2.24) is 0 Å². The predicted molar refractivity (Wildman–Crippen MR) is 65.8 cm³/mol. The number of nitrogens with one attached hydrogen (secondary N) is 2. The highest BCUT2D eigenvalue weighted by Crippen LogP contribution is 2.35. The lowest BCUT2D eigenvalue weighted by atomic mass is 10.2. The first-order chi connectivity index (χ1) is 9.11. The van der Waals surface area contributed by atoms with Crippen molar-refractivity contribution in [1.29, 1.82) is 0 Å². The molecule has 100 valence electrons. The quantitative estimate of drug-likeness (QED) is 0.600. The number of esters is 1. The Morgan fingerprint density at radius 2 is 2.26 bits per heavy atom. The summed E-state index contributed by atoms with van der Waals surface area (Å²) in [5.74, 6) is -1.82. The maximum absolute atomic E-state index is 11.5. The van der Waals surface area contributed by atoms with E-state index in [4.69, 9.17) is 4.74 Å². The van der Waals surface area contributed by atoms with Crippen LogP contribution in [-0.2, 0) is 19.1 Å². The molecule has 19 heavy (non-hydrogen) atoms. The summed E-state index contributed by atoms with van der Waals surface area (Å²) in [5.41, 5.74) is 0.744. The molecule has 0 atom stereocenters. The molecule has 2 N–H and O–H groups in total. The number of carbonyl (C=O) groups excluding carboxylic acids is 3. The SMILES string of the molecule is CCOC(=O)C(=O)Nc1cccc2c1OCC(=O)N2. The average Bonchev–Trinajstić information content (AvgIpc) is 2.38. The Labute approximate surface area is 108 Å². The summed E-state index contributed by atoms with van der Waals surface area (Å²) < 4.78 is 9.80. The number of anilines is 2. The molecule has 0 saturated heterocycles. The Morgan fingerprint density at radius 1 is 1.47 bits per heavy atom. The fraction of sp³-hybridized carbons (Fsp3) is 0.250. The third-order valence-electron chi connectivity index (χ3n) is 2.35. The summed E-state index contributed by atoms with van der Waals surface area (Å²) in [7, 11) is 0. The zero-order valence-corrected chi connectivity index (χ0v) is 10.2. The van der Waals surface area contributed by atoms with Crippen LogP contribution in [0.5, 0.6) is 5.75 Å². The second kappa shape index (κ2) is 5.38. The fourth-order valence-corrected chi connectivity index (χ4v) is 1.58. The molecule has 1 heterocycles. The molecule has 1 aromatic carbocycles. The Morgan fingerprint density at radius 3 is 3.00 bits per heavy atom. The second-order valence-corrected chi connectivity index (χ2v) is 3.69. The molecule has 0 radical (unpaired) electrons. The average molecular weight is 264 g/mol. The van der Waals surface area contributed by atoms with Crippen LogP contribution < -0.4 is 15.4 Å². The first-order valence-electron chi connectivity index (χ1n) is 5.65. The van der Waals surface area contributed by atoms with Crippen LogP contribution in [0.2, 0.25) is 0 Å². The molecule has 7 nitrogen and oxygen atoms in total. The van der Waals surface area contributed by atoms with Crippen molar-refractivity contribution in [2.45, 2.75) is 6.92 Å². The van der Waals surface area contributed by atoms with Crippen LogP contribution in [-0.4, -0.2) is 31.0 Å². The number of ether oxygens (including phenoxy) is 2. The molecule has 0 aliphatic carbocycles. The number of amides is 2. The molecule has 7 heteroatoms. The molecule has 2 amide bonds. The van der Waals surface area contributed by atoms with Crippen molar-refractivity contribution in [2.75, 3.05) is 23.8 Å². The highest BCUT2D eigenvalue weighted by Gasteiger charge is 2.22. The van der Waals surface area contributed by atoms with E-state index in [2.05, 4.69) is 15.4 Å². The lowest BCUT2D eigenvalue weighted by Crippen LogP contribution is -2.28. The topological polar surface area (TPSA) is 93.7 Å². The number of carbonyl (C=O) groups is 3. The first-order valence-corrected chi connectivity index (χ1v) is 5.65. The molecular weight excluding hydrogens is 252 g/mol. The van der Waals surface area contributed by atoms with E-state index in [9.17, 15) is 14.4 Å². The van der Waals surface area contributed by atoms with Gasteiger partial charge in [0.15, 0.2) is 12.4 Å². The largest absolute Gasteiger partial charge is 0.479 e. The number of benzene rings is 1. The van der Waals surface area contributed by atoms with Crippen molar-refractivity contribution in [3.8, 4) is 5.75 Å². The fourth-order valence-electron chi connectivity index (χ4n) is 1.58. The molecule has 1 aliphatic rings. The Kier molecular flexibility index (Phi) is 3.65. The summed E-state index contributed by atoms with van der Waals surface area (Å²) in [6.07, 6.45) is 0. The number of rotatable bonds is 2. The Bertz CT molecular complexity index is 541. The van der Waals surface area contributed by atoms with E-state index >= 15 is 0 Å². The summed E-state index contributed by atoms with van der Waals surface area (Å²) in [6, 6.07) is 4.81. The van der Waals surface area contributed by atoms with Crippen molar-refractivity contribution in [3.05, 3.63) is 18.2 Å². The molecule has 2 rings (SSSR count). The maximum atomic E-state index is 11.5. The minimum absolute atomic E-state index is 0.117. The molecule has 0 unspecified atom stereocenters. The van der Waals surface area contributed by atoms with Gasteiger partial charge in [0.1, 0.15) is 0 Å². The first kappa shape index (κ1) is 12.9. The van der Waals surface area contributed by atoms with Gasteiger partial charge in [-0.25, -0.2) is 4.79 Å². The van der Waals surface area contributed by atoms with E-state index in [1.165, 1.54) is 0 Å². The molecule has 0 saturated carbocycles. The highest BCUT2D eigenvalue weighted by atomic mass is 16.5. The predicted octanol–water partition coefficient (Wildman–Crippen LogP) is 0.519. The number of hydrogen-bond acceptors (Lipinski definition) is 5. The lowest BCUT2D eigenvalue weighted by molar-refractivity contribution is -0.152. The molecule has 0 fully saturated rings. The van der Waals surface area contributed by atoms with Crippen LogP contribution in [0.1, 0.15) is 6.92 Å². The number of para-hydroxylation sites is 1. The third kappa shape index (κ3) is 2.82. The Balaban J connectivity index is 2.18. The van der Waals surface area contributed by atoms with Crippen LogP contribution in [0, 0.1) is 0 Å². The van der Waals surface area contributed by atoms with E-state index in [0.29, 0.717) is 17.1 Å². The van der Waals surface area contributed by atoms with E-state index in [-0.39, 0.29) is 19.1 Å². The van der Waals surface area contributed by atoms with Gasteiger partial charge in [0.25, 0.3) is 5.91 Å². The minimum atomic E-state index is -0.972. The summed E-state index contributed by atoms with van der Waals surface area (Å²) in [5, 5.41) is 4.98. The molecule has 0 aromatic heterocycles.